The van der Waals surface area contributed by atoms with Crippen molar-refractivity contribution in [3.8, 4) is 0 Å². The third kappa shape index (κ3) is 16.5. The van der Waals surface area contributed by atoms with E-state index in [1.54, 1.807) is 0 Å². The minimum absolute atomic E-state index is 0. The van der Waals surface area contributed by atoms with E-state index in [1.165, 1.54) is 0 Å². The SMILES string of the molecule is CCCCCB([O-])[O-].[Na+].[Na+]. The van der Waals surface area contributed by atoms with Gasteiger partial charge in [0.25, 0.3) is 0 Å². The van der Waals surface area contributed by atoms with Crippen molar-refractivity contribution in [2.75, 3.05) is 0 Å². The van der Waals surface area contributed by atoms with E-state index in [1.807, 2.05) is 6.92 Å². The largest absolute Gasteiger partial charge is 1.00 e. The molecule has 0 saturated heterocycles. The summed E-state index contributed by atoms with van der Waals surface area (Å²) in [5, 5.41) is 19.7. The van der Waals surface area contributed by atoms with Crippen molar-refractivity contribution in [1.29, 1.82) is 0 Å². The van der Waals surface area contributed by atoms with Crippen LogP contribution in [0.25, 0.3) is 0 Å². The second kappa shape index (κ2) is 13.6. The smallest absolute Gasteiger partial charge is 0.893 e. The van der Waals surface area contributed by atoms with Crippen molar-refractivity contribution < 1.29 is 69.2 Å². The predicted molar refractivity (Wildman–Crippen MR) is 30.1 cm³/mol. The van der Waals surface area contributed by atoms with Crippen molar-refractivity contribution in [2.24, 2.45) is 0 Å². The van der Waals surface area contributed by atoms with Crippen LogP contribution in [0.4, 0.5) is 0 Å². The van der Waals surface area contributed by atoms with Gasteiger partial charge >= 0.3 is 59.1 Å². The standard InChI is InChI=1S/C5H11BO2.2Na/c1-2-3-4-5-6(7)8;;/h2-5H2,1H3;;/q-2;2*+1. The first-order valence-electron chi connectivity index (χ1n) is 3.09. The molecule has 48 valence electrons. The normalized spacial score (nSPS) is 7.50. The van der Waals surface area contributed by atoms with Crippen LogP contribution in [-0.4, -0.2) is 7.12 Å². The fourth-order valence-corrected chi connectivity index (χ4v) is 0.561. The van der Waals surface area contributed by atoms with E-state index in [-0.39, 0.29) is 59.1 Å². The van der Waals surface area contributed by atoms with Gasteiger partial charge in [0.15, 0.2) is 0 Å². The van der Waals surface area contributed by atoms with Crippen LogP contribution in [0.1, 0.15) is 26.2 Å². The summed E-state index contributed by atoms with van der Waals surface area (Å²) in [7, 11) is -1.60. The molecule has 0 heterocycles. The second-order valence-corrected chi connectivity index (χ2v) is 1.93. The van der Waals surface area contributed by atoms with Gasteiger partial charge in [-0.15, -0.1) is 13.4 Å². The Hall–Kier alpha value is 1.98. The molecule has 0 saturated carbocycles. The summed E-state index contributed by atoms with van der Waals surface area (Å²) >= 11 is 0. The van der Waals surface area contributed by atoms with Crippen LogP contribution in [0.2, 0.25) is 6.32 Å². The number of hydrogen-bond acceptors (Lipinski definition) is 2. The summed E-state index contributed by atoms with van der Waals surface area (Å²) in [5.41, 5.74) is 0. The van der Waals surface area contributed by atoms with Crippen LogP contribution >= 0.6 is 0 Å². The van der Waals surface area contributed by atoms with E-state index in [0.29, 0.717) is 6.32 Å². The molecular formula is C5H11BNa2O2. The Morgan fingerprint density at radius 1 is 1.10 bits per heavy atom. The Kier molecular flexibility index (Phi) is 24.3. The molecule has 10 heavy (non-hydrogen) atoms. The quantitative estimate of drug-likeness (QED) is 0.303. The molecule has 0 aromatic heterocycles. The van der Waals surface area contributed by atoms with E-state index in [4.69, 9.17) is 0 Å². The molecule has 0 rings (SSSR count). The molecule has 0 spiro atoms. The van der Waals surface area contributed by atoms with Crippen molar-refractivity contribution in [3.05, 3.63) is 0 Å². The Bertz CT molecular complexity index is 54.9. The first-order chi connectivity index (χ1) is 3.77. The molecule has 0 aromatic carbocycles. The van der Waals surface area contributed by atoms with E-state index in [9.17, 15) is 10.0 Å². The molecule has 0 bridgehead atoms. The van der Waals surface area contributed by atoms with Crippen LogP contribution < -0.4 is 69.2 Å². The number of hydrogen-bond donors (Lipinski definition) is 0. The van der Waals surface area contributed by atoms with Crippen molar-refractivity contribution in [3.63, 3.8) is 0 Å². The molecule has 0 atom stereocenters. The Morgan fingerprint density at radius 3 is 1.90 bits per heavy atom. The maximum absolute atomic E-state index is 9.85. The molecule has 0 aromatic rings. The molecule has 0 amide bonds. The zero-order valence-electron chi connectivity index (χ0n) is 7.22. The van der Waals surface area contributed by atoms with E-state index < -0.39 is 7.12 Å². The van der Waals surface area contributed by atoms with E-state index in [2.05, 4.69) is 0 Å². The summed E-state index contributed by atoms with van der Waals surface area (Å²) < 4.78 is 0. The summed E-state index contributed by atoms with van der Waals surface area (Å²) in [5.74, 6) is 0. The van der Waals surface area contributed by atoms with Crippen molar-refractivity contribution in [1.82, 2.24) is 0 Å². The third-order valence-electron chi connectivity index (χ3n) is 1.04. The van der Waals surface area contributed by atoms with Gasteiger partial charge in [-0.2, -0.15) is 0 Å². The molecule has 0 aliphatic rings. The molecule has 0 aliphatic heterocycles. The molecule has 0 fully saturated rings. The topological polar surface area (TPSA) is 46.1 Å². The first kappa shape index (κ1) is 17.9. The average Bonchev–Trinajstić information content (AvgIpc) is 1.66. The summed E-state index contributed by atoms with van der Waals surface area (Å²) in [6.07, 6.45) is 3.19. The van der Waals surface area contributed by atoms with Gasteiger partial charge in [-0.25, -0.2) is 0 Å². The zero-order valence-corrected chi connectivity index (χ0v) is 11.2. The summed E-state index contributed by atoms with van der Waals surface area (Å²) in [6.45, 7) is 2.05. The van der Waals surface area contributed by atoms with Crippen LogP contribution in [-0.2, 0) is 0 Å². The fraction of sp³-hybridized carbons (Fsp3) is 1.00. The Balaban J connectivity index is -0.000000245. The number of unbranched alkanes of at least 4 members (excludes halogenated alkanes) is 2. The van der Waals surface area contributed by atoms with Gasteiger partial charge in [0.1, 0.15) is 0 Å². The molecular weight excluding hydrogens is 149 g/mol. The maximum atomic E-state index is 9.85. The Morgan fingerprint density at radius 2 is 1.60 bits per heavy atom. The van der Waals surface area contributed by atoms with Crippen LogP contribution in [0.15, 0.2) is 0 Å². The molecule has 0 N–H and O–H groups in total. The van der Waals surface area contributed by atoms with Gasteiger partial charge < -0.3 is 10.0 Å². The predicted octanol–water partition coefficient (Wildman–Crippen LogP) is -6.61. The van der Waals surface area contributed by atoms with Gasteiger partial charge in [0.2, 0.25) is 0 Å². The second-order valence-electron chi connectivity index (χ2n) is 1.93. The maximum Gasteiger partial charge on any atom is 1.00 e. The Labute approximate surface area is 108 Å². The van der Waals surface area contributed by atoms with E-state index >= 15 is 0 Å². The molecule has 0 unspecified atom stereocenters. The third-order valence-corrected chi connectivity index (χ3v) is 1.04. The number of rotatable bonds is 4. The monoisotopic (exact) mass is 160 g/mol. The van der Waals surface area contributed by atoms with Gasteiger partial charge in [0, 0.05) is 0 Å². The minimum Gasteiger partial charge on any atom is -0.893 e. The van der Waals surface area contributed by atoms with Crippen molar-refractivity contribution >= 4 is 7.12 Å². The minimum atomic E-state index is -1.60. The van der Waals surface area contributed by atoms with Crippen LogP contribution in [0.3, 0.4) is 0 Å². The molecule has 0 aliphatic carbocycles. The van der Waals surface area contributed by atoms with Gasteiger partial charge in [-0.3, -0.25) is 0 Å². The molecule has 2 nitrogen and oxygen atoms in total. The van der Waals surface area contributed by atoms with Gasteiger partial charge in [0.05, 0.1) is 0 Å². The summed E-state index contributed by atoms with van der Waals surface area (Å²) in [6, 6.07) is 0. The molecule has 0 radical (unpaired) electrons. The zero-order chi connectivity index (χ0) is 6.41. The van der Waals surface area contributed by atoms with Crippen molar-refractivity contribution in [2.45, 2.75) is 32.5 Å². The first-order valence-corrected chi connectivity index (χ1v) is 3.09. The molecule has 5 heteroatoms. The van der Waals surface area contributed by atoms with Gasteiger partial charge in [-0.05, 0) is 0 Å². The van der Waals surface area contributed by atoms with Crippen LogP contribution in [0, 0.1) is 0 Å². The fourth-order valence-electron chi connectivity index (χ4n) is 0.561. The average molecular weight is 160 g/mol. The van der Waals surface area contributed by atoms with E-state index in [0.717, 1.165) is 19.3 Å². The summed E-state index contributed by atoms with van der Waals surface area (Å²) in [4.78, 5) is 0. The van der Waals surface area contributed by atoms with Gasteiger partial charge in [-0.1, -0.05) is 26.2 Å². The van der Waals surface area contributed by atoms with Crippen LogP contribution in [0.5, 0.6) is 0 Å².